The number of hydrogen-bond acceptors (Lipinski definition) is 4. The molecule has 150 valence electrons. The molecule has 1 heterocycles. The Labute approximate surface area is 166 Å². The number of rotatable bonds is 7. The van der Waals surface area contributed by atoms with E-state index in [0.29, 0.717) is 24.4 Å². The van der Waals surface area contributed by atoms with Crippen LogP contribution in [0.25, 0.3) is 0 Å². The molecule has 2 aromatic carbocycles. The lowest BCUT2D eigenvalue weighted by molar-refractivity contribution is -0.116. The number of carbonyl (C=O) groups excluding carboxylic acids is 1. The fourth-order valence-electron chi connectivity index (χ4n) is 3.47. The lowest BCUT2D eigenvalue weighted by Crippen LogP contribution is -2.25. The first-order valence-corrected chi connectivity index (χ1v) is 10.9. The molecule has 1 N–H and O–H groups in total. The van der Waals surface area contributed by atoms with Crippen LogP contribution in [0.3, 0.4) is 0 Å². The zero-order chi connectivity index (χ0) is 20.3. The Hall–Kier alpha value is -2.54. The first kappa shape index (κ1) is 20.2. The zero-order valence-electron chi connectivity index (χ0n) is 16.5. The standard InChI is InChI=1S/C21H26N2O4S/c1-4-5-6-16-7-10-20(27-3)21(13-16)28(25,26)22-18-8-9-19-17(14-18)11-12-23(19)15(2)24/h7-10,13-14,22H,4-6,11-12H2,1-3H3. The quantitative estimate of drug-likeness (QED) is 0.765. The lowest BCUT2D eigenvalue weighted by Gasteiger charge is -2.16. The average molecular weight is 403 g/mol. The highest BCUT2D eigenvalue weighted by molar-refractivity contribution is 7.92. The molecule has 0 radical (unpaired) electrons. The summed E-state index contributed by atoms with van der Waals surface area (Å²) in [4.78, 5) is 13.5. The second kappa shape index (κ2) is 8.22. The van der Waals surface area contributed by atoms with Gasteiger partial charge in [0.25, 0.3) is 10.0 Å². The number of ether oxygens (including phenoxy) is 1. The van der Waals surface area contributed by atoms with Crippen LogP contribution in [0.2, 0.25) is 0 Å². The Bertz CT molecular complexity index is 986. The second-order valence-electron chi connectivity index (χ2n) is 6.96. The van der Waals surface area contributed by atoms with Crippen LogP contribution in [0, 0.1) is 0 Å². The average Bonchev–Trinajstić information content (AvgIpc) is 3.09. The molecular formula is C21H26N2O4S. The van der Waals surface area contributed by atoms with Gasteiger partial charge in [-0.25, -0.2) is 8.42 Å². The number of aryl methyl sites for hydroxylation is 1. The summed E-state index contributed by atoms with van der Waals surface area (Å²) in [6, 6.07) is 10.6. The molecule has 7 heteroatoms. The SMILES string of the molecule is CCCCc1ccc(OC)c(S(=O)(=O)Nc2ccc3c(c2)CCN3C(C)=O)c1. The van der Waals surface area contributed by atoms with Gasteiger partial charge >= 0.3 is 0 Å². The van der Waals surface area contributed by atoms with Crippen molar-refractivity contribution < 1.29 is 17.9 Å². The lowest BCUT2D eigenvalue weighted by atomic mass is 10.1. The van der Waals surface area contributed by atoms with Gasteiger partial charge in [-0.2, -0.15) is 0 Å². The molecule has 1 amide bonds. The van der Waals surface area contributed by atoms with Gasteiger partial charge < -0.3 is 9.64 Å². The summed E-state index contributed by atoms with van der Waals surface area (Å²) in [6.45, 7) is 4.25. The number of amides is 1. The van der Waals surface area contributed by atoms with Crippen molar-refractivity contribution in [2.45, 2.75) is 44.4 Å². The summed E-state index contributed by atoms with van der Waals surface area (Å²) in [5, 5.41) is 0. The van der Waals surface area contributed by atoms with Crippen LogP contribution in [-0.2, 0) is 27.7 Å². The minimum absolute atomic E-state index is 0.0132. The molecule has 0 bridgehead atoms. The molecule has 0 spiro atoms. The van der Waals surface area contributed by atoms with Crippen LogP contribution >= 0.6 is 0 Å². The van der Waals surface area contributed by atoms with Crippen LogP contribution in [-0.4, -0.2) is 28.0 Å². The van der Waals surface area contributed by atoms with E-state index in [1.165, 1.54) is 14.0 Å². The zero-order valence-corrected chi connectivity index (χ0v) is 17.3. The van der Waals surface area contributed by atoms with Crippen molar-refractivity contribution in [1.82, 2.24) is 0 Å². The van der Waals surface area contributed by atoms with Gasteiger partial charge in [-0.3, -0.25) is 9.52 Å². The molecule has 0 fully saturated rings. The predicted octanol–water partition coefficient (Wildman–Crippen LogP) is 3.75. The Morgan fingerprint density at radius 2 is 2.00 bits per heavy atom. The van der Waals surface area contributed by atoms with Crippen molar-refractivity contribution in [3.63, 3.8) is 0 Å². The maximum atomic E-state index is 13.0. The molecule has 2 aromatic rings. The number of unbranched alkanes of at least 4 members (excludes halogenated alkanes) is 1. The van der Waals surface area contributed by atoms with Gasteiger partial charge in [0.05, 0.1) is 7.11 Å². The topological polar surface area (TPSA) is 75.7 Å². The van der Waals surface area contributed by atoms with Crippen molar-refractivity contribution in [2.75, 3.05) is 23.3 Å². The van der Waals surface area contributed by atoms with E-state index in [-0.39, 0.29) is 10.8 Å². The van der Waals surface area contributed by atoms with Crippen LogP contribution < -0.4 is 14.4 Å². The Morgan fingerprint density at radius 3 is 2.68 bits per heavy atom. The smallest absolute Gasteiger partial charge is 0.265 e. The third-order valence-corrected chi connectivity index (χ3v) is 6.35. The molecule has 0 aromatic heterocycles. The highest BCUT2D eigenvalue weighted by atomic mass is 32.2. The van der Waals surface area contributed by atoms with Crippen molar-refractivity contribution in [3.8, 4) is 5.75 Å². The minimum atomic E-state index is -3.81. The van der Waals surface area contributed by atoms with Gasteiger partial charge in [-0.15, -0.1) is 0 Å². The van der Waals surface area contributed by atoms with E-state index in [1.807, 2.05) is 6.07 Å². The number of nitrogens with zero attached hydrogens (tertiary/aromatic N) is 1. The van der Waals surface area contributed by atoms with E-state index < -0.39 is 10.0 Å². The molecular weight excluding hydrogens is 376 g/mol. The number of nitrogens with one attached hydrogen (secondary N) is 1. The molecule has 0 unspecified atom stereocenters. The van der Waals surface area contributed by atoms with E-state index in [0.717, 1.165) is 36.1 Å². The monoisotopic (exact) mass is 402 g/mol. The number of benzene rings is 2. The van der Waals surface area contributed by atoms with Gasteiger partial charge in [-0.05, 0) is 60.7 Å². The van der Waals surface area contributed by atoms with Gasteiger partial charge in [0.1, 0.15) is 10.6 Å². The van der Waals surface area contributed by atoms with Crippen molar-refractivity contribution in [2.24, 2.45) is 0 Å². The van der Waals surface area contributed by atoms with Crippen molar-refractivity contribution in [1.29, 1.82) is 0 Å². The summed E-state index contributed by atoms with van der Waals surface area (Å²) < 4.78 is 34.0. The van der Waals surface area contributed by atoms with E-state index in [1.54, 1.807) is 35.2 Å². The number of fused-ring (bicyclic) bond motifs is 1. The molecule has 0 saturated heterocycles. The Kier molecular flexibility index (Phi) is 5.93. The fraction of sp³-hybridized carbons (Fsp3) is 0.381. The van der Waals surface area contributed by atoms with E-state index in [4.69, 9.17) is 4.74 Å². The molecule has 28 heavy (non-hydrogen) atoms. The highest BCUT2D eigenvalue weighted by Gasteiger charge is 2.24. The molecule has 3 rings (SSSR count). The van der Waals surface area contributed by atoms with Gasteiger partial charge in [0.15, 0.2) is 0 Å². The van der Waals surface area contributed by atoms with Crippen molar-refractivity contribution in [3.05, 3.63) is 47.5 Å². The maximum Gasteiger partial charge on any atom is 0.265 e. The van der Waals surface area contributed by atoms with Gasteiger partial charge in [-0.1, -0.05) is 19.4 Å². The van der Waals surface area contributed by atoms with Crippen molar-refractivity contribution >= 4 is 27.3 Å². The first-order chi connectivity index (χ1) is 13.4. The Morgan fingerprint density at radius 1 is 1.21 bits per heavy atom. The minimum Gasteiger partial charge on any atom is -0.495 e. The molecule has 0 aliphatic carbocycles. The molecule has 1 aliphatic heterocycles. The van der Waals surface area contributed by atoms with Crippen LogP contribution in [0.1, 0.15) is 37.8 Å². The number of carbonyl (C=O) groups is 1. The highest BCUT2D eigenvalue weighted by Crippen LogP contribution is 2.32. The summed E-state index contributed by atoms with van der Waals surface area (Å²) in [6.07, 6.45) is 3.57. The first-order valence-electron chi connectivity index (χ1n) is 9.46. The number of sulfonamides is 1. The van der Waals surface area contributed by atoms with Gasteiger partial charge in [0, 0.05) is 24.8 Å². The largest absolute Gasteiger partial charge is 0.495 e. The number of anilines is 2. The van der Waals surface area contributed by atoms with E-state index in [2.05, 4.69) is 11.6 Å². The van der Waals surface area contributed by atoms with Gasteiger partial charge in [0.2, 0.25) is 5.91 Å². The summed E-state index contributed by atoms with van der Waals surface area (Å²) in [5.74, 6) is 0.303. The summed E-state index contributed by atoms with van der Waals surface area (Å²) in [7, 11) is -2.34. The van der Waals surface area contributed by atoms with E-state index >= 15 is 0 Å². The van der Waals surface area contributed by atoms with Crippen LogP contribution in [0.15, 0.2) is 41.3 Å². The third kappa shape index (κ3) is 4.14. The molecule has 1 aliphatic rings. The second-order valence-corrected chi connectivity index (χ2v) is 8.61. The molecule has 0 atom stereocenters. The Balaban J connectivity index is 1.89. The fourth-order valence-corrected chi connectivity index (χ4v) is 4.74. The summed E-state index contributed by atoms with van der Waals surface area (Å²) >= 11 is 0. The van der Waals surface area contributed by atoms with E-state index in [9.17, 15) is 13.2 Å². The number of methoxy groups -OCH3 is 1. The maximum absolute atomic E-state index is 13.0. The van der Waals surface area contributed by atoms with Crippen LogP contribution in [0.4, 0.5) is 11.4 Å². The third-order valence-electron chi connectivity index (χ3n) is 4.94. The normalized spacial score (nSPS) is 13.3. The summed E-state index contributed by atoms with van der Waals surface area (Å²) in [5.41, 5.74) is 3.24. The molecule has 6 nitrogen and oxygen atoms in total. The number of hydrogen-bond donors (Lipinski definition) is 1. The molecule has 0 saturated carbocycles. The van der Waals surface area contributed by atoms with Crippen LogP contribution in [0.5, 0.6) is 5.75 Å². The predicted molar refractivity (Wildman–Crippen MR) is 111 cm³/mol.